The first-order chi connectivity index (χ1) is 6.06. The number of rotatable bonds is 2. The number of aromatic carboxylic acids is 1. The van der Waals surface area contributed by atoms with Crippen molar-refractivity contribution in [1.82, 2.24) is 4.98 Å². The summed E-state index contributed by atoms with van der Waals surface area (Å²) < 4.78 is 0. The molecule has 0 unspecified atom stereocenters. The number of carboxylic acids is 1. The number of hydrogen-bond donors (Lipinski definition) is 1. The first kappa shape index (κ1) is 10.5. The van der Waals surface area contributed by atoms with E-state index in [1.807, 2.05) is 0 Å². The van der Waals surface area contributed by atoms with Crippen LogP contribution < -0.4 is 0 Å². The Morgan fingerprint density at radius 2 is 2.38 bits per heavy atom. The third-order valence-corrected chi connectivity index (χ3v) is 2.44. The molecule has 0 radical (unpaired) electrons. The van der Waals surface area contributed by atoms with Crippen LogP contribution >= 0.6 is 27.5 Å². The van der Waals surface area contributed by atoms with Crippen LogP contribution in [0, 0.1) is 6.92 Å². The van der Waals surface area contributed by atoms with Gasteiger partial charge >= 0.3 is 5.97 Å². The van der Waals surface area contributed by atoms with Crippen molar-refractivity contribution in [3.05, 3.63) is 28.0 Å². The van der Waals surface area contributed by atoms with Gasteiger partial charge in [0.1, 0.15) is 5.15 Å². The van der Waals surface area contributed by atoms with Gasteiger partial charge in [-0.15, -0.1) is 0 Å². The Hall–Kier alpha value is -0.610. The lowest BCUT2D eigenvalue weighted by Gasteiger charge is -2.05. The van der Waals surface area contributed by atoms with Crippen molar-refractivity contribution in [2.75, 3.05) is 0 Å². The maximum absolute atomic E-state index is 10.8. The second-order valence-electron chi connectivity index (χ2n) is 2.52. The Morgan fingerprint density at radius 3 is 2.85 bits per heavy atom. The number of hydrogen-bond acceptors (Lipinski definition) is 2. The molecule has 1 N–H and O–H groups in total. The molecule has 0 aliphatic carbocycles. The molecule has 0 aromatic carbocycles. The van der Waals surface area contributed by atoms with E-state index in [9.17, 15) is 4.79 Å². The largest absolute Gasteiger partial charge is 0.478 e. The van der Waals surface area contributed by atoms with Crippen LogP contribution in [0.4, 0.5) is 0 Å². The molecule has 5 heteroatoms. The summed E-state index contributed by atoms with van der Waals surface area (Å²) in [5.74, 6) is -0.984. The van der Waals surface area contributed by atoms with Crippen LogP contribution in [0.5, 0.6) is 0 Å². The molecular weight excluding hydrogens is 257 g/mol. The molecule has 3 nitrogen and oxygen atoms in total. The predicted octanol–water partition coefficient (Wildman–Crippen LogP) is 2.64. The lowest BCUT2D eigenvalue weighted by molar-refractivity contribution is 0.0696. The molecule has 0 bridgehead atoms. The van der Waals surface area contributed by atoms with Crippen LogP contribution in [0.15, 0.2) is 6.07 Å². The zero-order valence-electron chi connectivity index (χ0n) is 6.84. The van der Waals surface area contributed by atoms with E-state index in [-0.39, 0.29) is 10.7 Å². The van der Waals surface area contributed by atoms with Gasteiger partial charge in [-0.25, -0.2) is 9.78 Å². The molecule has 0 spiro atoms. The van der Waals surface area contributed by atoms with E-state index >= 15 is 0 Å². The van der Waals surface area contributed by atoms with E-state index < -0.39 is 5.97 Å². The minimum absolute atomic E-state index is 0.203. The van der Waals surface area contributed by atoms with Crippen LogP contribution in [-0.2, 0) is 5.33 Å². The number of carbonyl (C=O) groups is 1. The molecule has 0 aliphatic rings. The summed E-state index contributed by atoms with van der Waals surface area (Å²) in [7, 11) is 0. The van der Waals surface area contributed by atoms with Crippen LogP contribution in [0.2, 0.25) is 5.15 Å². The summed E-state index contributed by atoms with van der Waals surface area (Å²) in [4.78, 5) is 14.7. The van der Waals surface area contributed by atoms with Gasteiger partial charge in [0.05, 0.1) is 5.56 Å². The van der Waals surface area contributed by atoms with E-state index in [2.05, 4.69) is 20.9 Å². The minimum atomic E-state index is -0.984. The maximum atomic E-state index is 10.8. The quantitative estimate of drug-likeness (QED) is 0.660. The SMILES string of the molecule is Cc1cc(C(=O)O)c(CBr)c(Cl)n1. The molecule has 1 rings (SSSR count). The van der Waals surface area contributed by atoms with Gasteiger partial charge in [-0.1, -0.05) is 27.5 Å². The van der Waals surface area contributed by atoms with E-state index in [4.69, 9.17) is 16.7 Å². The molecule has 1 heterocycles. The number of carboxylic acid groups (broad SMARTS) is 1. The summed E-state index contributed by atoms with van der Waals surface area (Å²) in [6, 6.07) is 1.50. The standard InChI is InChI=1S/C8H7BrClNO2/c1-4-2-5(8(12)13)6(3-9)7(10)11-4/h2H,3H2,1H3,(H,12,13). The van der Waals surface area contributed by atoms with Crippen molar-refractivity contribution < 1.29 is 9.90 Å². The zero-order chi connectivity index (χ0) is 10.0. The molecule has 1 aromatic rings. The predicted molar refractivity (Wildman–Crippen MR) is 53.6 cm³/mol. The Kier molecular flexibility index (Phi) is 3.27. The Morgan fingerprint density at radius 1 is 1.77 bits per heavy atom. The Labute approximate surface area is 88.9 Å². The first-order valence-electron chi connectivity index (χ1n) is 3.51. The summed E-state index contributed by atoms with van der Waals surface area (Å²) >= 11 is 8.94. The molecule has 0 fully saturated rings. The normalized spacial score (nSPS) is 10.1. The highest BCUT2D eigenvalue weighted by Crippen LogP contribution is 2.21. The second-order valence-corrected chi connectivity index (χ2v) is 3.44. The van der Waals surface area contributed by atoms with Crippen molar-refractivity contribution in [1.29, 1.82) is 0 Å². The summed E-state index contributed by atoms with van der Waals surface area (Å²) in [6.07, 6.45) is 0. The van der Waals surface area contributed by atoms with Crippen LogP contribution in [-0.4, -0.2) is 16.1 Å². The number of nitrogens with zero attached hydrogens (tertiary/aromatic N) is 1. The van der Waals surface area contributed by atoms with Gasteiger partial charge in [-0.2, -0.15) is 0 Å². The van der Waals surface area contributed by atoms with E-state index in [1.165, 1.54) is 6.07 Å². The topological polar surface area (TPSA) is 50.2 Å². The fraction of sp³-hybridized carbons (Fsp3) is 0.250. The third-order valence-electron chi connectivity index (χ3n) is 1.57. The highest BCUT2D eigenvalue weighted by molar-refractivity contribution is 9.08. The molecule has 0 amide bonds. The van der Waals surface area contributed by atoms with Crippen molar-refractivity contribution in [2.24, 2.45) is 0 Å². The zero-order valence-corrected chi connectivity index (χ0v) is 9.18. The lowest BCUT2D eigenvalue weighted by Crippen LogP contribution is -2.04. The fourth-order valence-electron chi connectivity index (χ4n) is 0.980. The summed E-state index contributed by atoms with van der Waals surface area (Å²) in [5, 5.41) is 9.47. The third kappa shape index (κ3) is 2.19. The van der Waals surface area contributed by atoms with Crippen molar-refractivity contribution in [2.45, 2.75) is 12.3 Å². The van der Waals surface area contributed by atoms with E-state index in [0.29, 0.717) is 16.6 Å². The number of halogens is 2. The average Bonchev–Trinajstić information content (AvgIpc) is 2.02. The maximum Gasteiger partial charge on any atom is 0.336 e. The monoisotopic (exact) mass is 263 g/mol. The van der Waals surface area contributed by atoms with Gasteiger partial charge in [0.15, 0.2) is 0 Å². The number of alkyl halides is 1. The van der Waals surface area contributed by atoms with Gasteiger partial charge in [-0.3, -0.25) is 0 Å². The van der Waals surface area contributed by atoms with Crippen LogP contribution in [0.3, 0.4) is 0 Å². The van der Waals surface area contributed by atoms with Gasteiger partial charge in [0.2, 0.25) is 0 Å². The average molecular weight is 265 g/mol. The van der Waals surface area contributed by atoms with Crippen molar-refractivity contribution >= 4 is 33.5 Å². The van der Waals surface area contributed by atoms with E-state index in [0.717, 1.165) is 0 Å². The summed E-state index contributed by atoms with van der Waals surface area (Å²) in [5.41, 5.74) is 1.32. The highest BCUT2D eigenvalue weighted by atomic mass is 79.9. The molecular formula is C8H7BrClNO2. The molecule has 0 atom stereocenters. The minimum Gasteiger partial charge on any atom is -0.478 e. The van der Waals surface area contributed by atoms with Gasteiger partial charge in [0.25, 0.3) is 0 Å². The molecule has 13 heavy (non-hydrogen) atoms. The van der Waals surface area contributed by atoms with Crippen molar-refractivity contribution in [3.63, 3.8) is 0 Å². The molecule has 0 saturated carbocycles. The first-order valence-corrected chi connectivity index (χ1v) is 5.01. The number of pyridine rings is 1. The van der Waals surface area contributed by atoms with Crippen molar-refractivity contribution in [3.8, 4) is 0 Å². The molecule has 0 saturated heterocycles. The molecule has 70 valence electrons. The molecule has 0 aliphatic heterocycles. The Bertz CT molecular complexity index is 354. The molecule has 1 aromatic heterocycles. The fourth-order valence-corrected chi connectivity index (χ4v) is 2.01. The van der Waals surface area contributed by atoms with Crippen LogP contribution in [0.25, 0.3) is 0 Å². The second kappa shape index (κ2) is 4.07. The van der Waals surface area contributed by atoms with E-state index in [1.54, 1.807) is 6.92 Å². The summed E-state index contributed by atoms with van der Waals surface area (Å²) in [6.45, 7) is 1.70. The smallest absolute Gasteiger partial charge is 0.336 e. The number of aryl methyl sites for hydroxylation is 1. The highest BCUT2D eigenvalue weighted by Gasteiger charge is 2.13. The lowest BCUT2D eigenvalue weighted by atomic mass is 10.1. The van der Waals surface area contributed by atoms with Gasteiger partial charge in [-0.05, 0) is 13.0 Å². The Balaban J connectivity index is 3.38. The van der Waals surface area contributed by atoms with Crippen LogP contribution in [0.1, 0.15) is 21.6 Å². The van der Waals surface area contributed by atoms with Gasteiger partial charge < -0.3 is 5.11 Å². The van der Waals surface area contributed by atoms with Gasteiger partial charge in [0, 0.05) is 16.6 Å². The number of aromatic nitrogens is 1.